The first-order valence-corrected chi connectivity index (χ1v) is 6.01. The van der Waals surface area contributed by atoms with Gasteiger partial charge in [-0.2, -0.15) is 0 Å². The van der Waals surface area contributed by atoms with Crippen molar-refractivity contribution in [3.05, 3.63) is 48.6 Å². The van der Waals surface area contributed by atoms with E-state index in [-0.39, 0.29) is 0 Å². The zero-order valence-corrected chi connectivity index (χ0v) is 10.2. The summed E-state index contributed by atoms with van der Waals surface area (Å²) in [6.07, 6.45) is 23.2. The van der Waals surface area contributed by atoms with Crippen LogP contribution in [0.3, 0.4) is 0 Å². The van der Waals surface area contributed by atoms with Gasteiger partial charge >= 0.3 is 0 Å². The van der Waals surface area contributed by atoms with E-state index in [1.807, 2.05) is 0 Å². The van der Waals surface area contributed by atoms with Gasteiger partial charge < -0.3 is 0 Å². The van der Waals surface area contributed by atoms with Gasteiger partial charge in [-0.1, -0.05) is 62.5 Å². The molecular formula is C15H24. The molecule has 0 aromatic carbocycles. The molecule has 84 valence electrons. The Balaban J connectivity index is 3.36. The van der Waals surface area contributed by atoms with Crippen LogP contribution in [0, 0.1) is 0 Å². The molecule has 0 aliphatic rings. The molecule has 0 nitrogen and oxygen atoms in total. The smallest absolute Gasteiger partial charge is 0.0169 e. The first-order chi connectivity index (χ1) is 7.41. The van der Waals surface area contributed by atoms with Crippen molar-refractivity contribution in [2.75, 3.05) is 0 Å². The van der Waals surface area contributed by atoms with Gasteiger partial charge in [-0.15, -0.1) is 0 Å². The minimum atomic E-state index is 1.06. The van der Waals surface area contributed by atoms with Crippen molar-refractivity contribution in [3.8, 4) is 0 Å². The molecule has 0 aliphatic heterocycles. The van der Waals surface area contributed by atoms with Gasteiger partial charge in [0.05, 0.1) is 0 Å². The van der Waals surface area contributed by atoms with Crippen molar-refractivity contribution in [2.45, 2.75) is 46.0 Å². The van der Waals surface area contributed by atoms with Gasteiger partial charge in [0.1, 0.15) is 0 Å². The number of hydrogen-bond donors (Lipinski definition) is 0. The monoisotopic (exact) mass is 204 g/mol. The molecule has 0 radical (unpaired) electrons. The Labute approximate surface area is 95.1 Å². The molecule has 0 saturated carbocycles. The maximum absolute atomic E-state index is 2.22. The normalized spacial score (nSPS) is 12.9. The van der Waals surface area contributed by atoms with E-state index in [9.17, 15) is 0 Å². The third kappa shape index (κ3) is 13.0. The summed E-state index contributed by atoms with van der Waals surface area (Å²) in [6, 6.07) is 0. The summed E-state index contributed by atoms with van der Waals surface area (Å²) >= 11 is 0. The molecule has 0 rings (SSSR count). The fourth-order valence-electron chi connectivity index (χ4n) is 1.15. The lowest BCUT2D eigenvalue weighted by molar-refractivity contribution is 1.19. The second kappa shape index (κ2) is 13.0. The maximum atomic E-state index is 2.22. The molecule has 0 heteroatoms. The molecule has 0 spiro atoms. The Bertz CT molecular complexity index is 192. The van der Waals surface area contributed by atoms with Crippen LogP contribution in [-0.4, -0.2) is 0 Å². The standard InChI is InChI=1S/C15H24/c1-3-5-7-9-11-13-15-14-12-10-8-6-4-2/h5-8,11-14H,3-4,9-10,15H2,1-2H3. The van der Waals surface area contributed by atoms with Gasteiger partial charge in [-0.25, -0.2) is 0 Å². The van der Waals surface area contributed by atoms with Crippen LogP contribution < -0.4 is 0 Å². The van der Waals surface area contributed by atoms with E-state index in [4.69, 9.17) is 0 Å². The summed E-state index contributed by atoms with van der Waals surface area (Å²) < 4.78 is 0. The Morgan fingerprint density at radius 2 is 0.733 bits per heavy atom. The van der Waals surface area contributed by atoms with E-state index >= 15 is 0 Å². The molecule has 0 saturated heterocycles. The van der Waals surface area contributed by atoms with E-state index in [0.29, 0.717) is 0 Å². The molecule has 0 atom stereocenters. The second-order valence-electron chi connectivity index (χ2n) is 3.41. The molecule has 0 N–H and O–H groups in total. The van der Waals surface area contributed by atoms with Gasteiger partial charge in [-0.05, 0) is 32.1 Å². The van der Waals surface area contributed by atoms with Gasteiger partial charge in [0.25, 0.3) is 0 Å². The summed E-state index contributed by atoms with van der Waals surface area (Å²) in [5.41, 5.74) is 0. The van der Waals surface area contributed by atoms with Crippen molar-refractivity contribution in [1.82, 2.24) is 0 Å². The molecular weight excluding hydrogens is 180 g/mol. The topological polar surface area (TPSA) is 0 Å². The largest absolute Gasteiger partial charge is 0.0885 e. The third-order valence-electron chi connectivity index (χ3n) is 1.95. The highest BCUT2D eigenvalue weighted by atomic mass is 13.8. The van der Waals surface area contributed by atoms with Crippen LogP contribution in [0.15, 0.2) is 48.6 Å². The highest BCUT2D eigenvalue weighted by Crippen LogP contribution is 1.94. The molecule has 0 aromatic rings. The Morgan fingerprint density at radius 3 is 1.00 bits per heavy atom. The molecule has 0 unspecified atom stereocenters. The maximum Gasteiger partial charge on any atom is -0.0169 e. The van der Waals surface area contributed by atoms with Gasteiger partial charge in [0.2, 0.25) is 0 Å². The predicted octanol–water partition coefficient (Wildman–Crippen LogP) is 5.20. The highest BCUT2D eigenvalue weighted by Gasteiger charge is 1.73. The van der Waals surface area contributed by atoms with E-state index in [0.717, 1.165) is 32.1 Å². The van der Waals surface area contributed by atoms with Crippen LogP contribution in [0.5, 0.6) is 0 Å². The Hall–Kier alpha value is -1.04. The molecule has 0 aromatic heterocycles. The SMILES string of the molecule is CCC=CCC=CCC=CCC=CCC. The van der Waals surface area contributed by atoms with Gasteiger partial charge in [-0.3, -0.25) is 0 Å². The Morgan fingerprint density at radius 1 is 0.467 bits per heavy atom. The quantitative estimate of drug-likeness (QED) is 0.477. The number of hydrogen-bond acceptors (Lipinski definition) is 0. The lowest BCUT2D eigenvalue weighted by Crippen LogP contribution is -1.63. The van der Waals surface area contributed by atoms with Crippen molar-refractivity contribution in [3.63, 3.8) is 0 Å². The lowest BCUT2D eigenvalue weighted by Gasteiger charge is -1.84. The lowest BCUT2D eigenvalue weighted by atomic mass is 10.2. The first-order valence-electron chi connectivity index (χ1n) is 6.01. The fraction of sp³-hybridized carbons (Fsp3) is 0.467. The number of allylic oxidation sites excluding steroid dienone is 8. The van der Waals surface area contributed by atoms with E-state index < -0.39 is 0 Å². The van der Waals surface area contributed by atoms with Crippen LogP contribution >= 0.6 is 0 Å². The van der Waals surface area contributed by atoms with Crippen LogP contribution in [0.4, 0.5) is 0 Å². The van der Waals surface area contributed by atoms with Gasteiger partial charge in [0, 0.05) is 0 Å². The van der Waals surface area contributed by atoms with Crippen molar-refractivity contribution < 1.29 is 0 Å². The second-order valence-corrected chi connectivity index (χ2v) is 3.41. The average molecular weight is 204 g/mol. The fourth-order valence-corrected chi connectivity index (χ4v) is 1.15. The minimum Gasteiger partial charge on any atom is -0.0885 e. The van der Waals surface area contributed by atoms with E-state index in [2.05, 4.69) is 62.5 Å². The predicted molar refractivity (Wildman–Crippen MR) is 71.0 cm³/mol. The molecule has 15 heavy (non-hydrogen) atoms. The van der Waals surface area contributed by atoms with E-state index in [1.165, 1.54) is 0 Å². The molecule has 0 aliphatic carbocycles. The summed E-state index contributed by atoms with van der Waals surface area (Å²) in [6.45, 7) is 4.32. The Kier molecular flexibility index (Phi) is 12.1. The van der Waals surface area contributed by atoms with Crippen molar-refractivity contribution in [2.24, 2.45) is 0 Å². The molecule has 0 heterocycles. The van der Waals surface area contributed by atoms with Crippen molar-refractivity contribution in [1.29, 1.82) is 0 Å². The number of rotatable bonds is 8. The van der Waals surface area contributed by atoms with Crippen LogP contribution in [0.25, 0.3) is 0 Å². The molecule has 0 fully saturated rings. The summed E-state index contributed by atoms with van der Waals surface area (Å²) in [4.78, 5) is 0. The molecule has 0 amide bonds. The summed E-state index contributed by atoms with van der Waals surface area (Å²) in [7, 11) is 0. The van der Waals surface area contributed by atoms with Crippen LogP contribution in [-0.2, 0) is 0 Å². The highest BCUT2D eigenvalue weighted by molar-refractivity contribution is 4.99. The first kappa shape index (κ1) is 14.0. The third-order valence-corrected chi connectivity index (χ3v) is 1.95. The molecule has 0 bridgehead atoms. The minimum absolute atomic E-state index is 1.06. The summed E-state index contributed by atoms with van der Waals surface area (Å²) in [5.74, 6) is 0. The van der Waals surface area contributed by atoms with Crippen LogP contribution in [0.1, 0.15) is 46.0 Å². The zero-order chi connectivity index (χ0) is 11.2. The van der Waals surface area contributed by atoms with Crippen molar-refractivity contribution >= 4 is 0 Å². The van der Waals surface area contributed by atoms with Crippen LogP contribution in [0.2, 0.25) is 0 Å². The van der Waals surface area contributed by atoms with Gasteiger partial charge in [0.15, 0.2) is 0 Å². The average Bonchev–Trinajstić information content (AvgIpc) is 2.26. The van der Waals surface area contributed by atoms with E-state index in [1.54, 1.807) is 0 Å². The summed E-state index contributed by atoms with van der Waals surface area (Å²) in [5, 5.41) is 0. The zero-order valence-electron chi connectivity index (χ0n) is 10.2.